The lowest BCUT2D eigenvalue weighted by molar-refractivity contribution is -0.118. The van der Waals surface area contributed by atoms with Gasteiger partial charge in [0, 0.05) is 18.9 Å². The maximum atomic E-state index is 13.2. The van der Waals surface area contributed by atoms with Crippen molar-refractivity contribution in [2.24, 2.45) is 0 Å². The largest absolute Gasteiger partial charge is 0.286 e. The number of nitrogens with zero attached hydrogens (tertiary/aromatic N) is 4. The van der Waals surface area contributed by atoms with Crippen LogP contribution in [0.25, 0.3) is 10.2 Å². The summed E-state index contributed by atoms with van der Waals surface area (Å²) in [5.74, 6) is -0.383. The zero-order valence-corrected chi connectivity index (χ0v) is 17.1. The van der Waals surface area contributed by atoms with E-state index in [0.29, 0.717) is 18.2 Å². The molecular weight excluding hydrogens is 387 g/mol. The number of aryl methyl sites for hydroxylation is 2. The van der Waals surface area contributed by atoms with Crippen LogP contribution in [0.4, 0.5) is 9.52 Å². The molecule has 7 heteroatoms. The Morgan fingerprint density at radius 2 is 2.00 bits per heavy atom. The summed E-state index contributed by atoms with van der Waals surface area (Å²) in [4.78, 5) is 19.6. The minimum atomic E-state index is -0.311. The molecule has 2 aromatic carbocycles. The Balaban J connectivity index is 1.64. The average molecular weight is 409 g/mol. The van der Waals surface area contributed by atoms with Crippen LogP contribution in [0.5, 0.6) is 0 Å². The smallest absolute Gasteiger partial charge is 0.233 e. The Kier molecular flexibility index (Phi) is 5.40. The summed E-state index contributed by atoms with van der Waals surface area (Å²) in [6, 6.07) is 12.1. The van der Waals surface area contributed by atoms with Crippen molar-refractivity contribution in [1.82, 2.24) is 14.8 Å². The number of rotatable bonds is 6. The Morgan fingerprint density at radius 3 is 2.72 bits per heavy atom. The number of carbonyl (C=O) groups excluding carboxylic acids is 1. The summed E-state index contributed by atoms with van der Waals surface area (Å²) >= 11 is 1.52. The summed E-state index contributed by atoms with van der Waals surface area (Å²) in [7, 11) is 0. The fourth-order valence-corrected chi connectivity index (χ4v) is 4.49. The van der Waals surface area contributed by atoms with Crippen molar-refractivity contribution in [1.29, 1.82) is 0 Å². The molecule has 0 radical (unpaired) electrons. The van der Waals surface area contributed by atoms with Gasteiger partial charge in [0.1, 0.15) is 5.82 Å². The molecule has 0 N–H and O–H groups in total. The monoisotopic (exact) mass is 408 g/mol. The zero-order valence-electron chi connectivity index (χ0n) is 16.3. The minimum Gasteiger partial charge on any atom is -0.286 e. The minimum absolute atomic E-state index is 0.0720. The van der Waals surface area contributed by atoms with Gasteiger partial charge in [0.2, 0.25) is 5.91 Å². The van der Waals surface area contributed by atoms with Gasteiger partial charge in [-0.1, -0.05) is 29.5 Å². The maximum absolute atomic E-state index is 13.2. The maximum Gasteiger partial charge on any atom is 0.233 e. The van der Waals surface area contributed by atoms with Gasteiger partial charge >= 0.3 is 0 Å². The van der Waals surface area contributed by atoms with Crippen molar-refractivity contribution in [2.45, 2.75) is 26.8 Å². The third-order valence-electron chi connectivity index (χ3n) is 4.73. The van der Waals surface area contributed by atoms with E-state index in [1.54, 1.807) is 27.9 Å². The summed E-state index contributed by atoms with van der Waals surface area (Å²) in [6.07, 6.45) is 3.77. The molecule has 0 aliphatic rings. The van der Waals surface area contributed by atoms with Gasteiger partial charge in [0.15, 0.2) is 5.13 Å². The summed E-state index contributed by atoms with van der Waals surface area (Å²) in [5.41, 5.74) is 3.97. The van der Waals surface area contributed by atoms with Crippen LogP contribution in [0.2, 0.25) is 0 Å². The fourth-order valence-electron chi connectivity index (χ4n) is 3.31. The highest BCUT2D eigenvalue weighted by molar-refractivity contribution is 7.22. The highest BCUT2D eigenvalue weighted by atomic mass is 32.1. The van der Waals surface area contributed by atoms with Crippen LogP contribution in [0, 0.1) is 19.7 Å². The highest BCUT2D eigenvalue weighted by Crippen LogP contribution is 2.32. The van der Waals surface area contributed by atoms with Crippen molar-refractivity contribution >= 4 is 32.6 Å². The molecule has 148 valence electrons. The first-order valence-electron chi connectivity index (χ1n) is 9.39. The Bertz CT molecular complexity index is 1140. The number of aromatic nitrogens is 3. The van der Waals surface area contributed by atoms with Crippen LogP contribution in [-0.2, 0) is 17.8 Å². The molecule has 2 aromatic heterocycles. The number of thiazole rings is 1. The molecule has 5 nitrogen and oxygen atoms in total. The van der Waals surface area contributed by atoms with E-state index in [-0.39, 0.29) is 18.1 Å². The summed E-state index contributed by atoms with van der Waals surface area (Å²) < 4.78 is 16.1. The van der Waals surface area contributed by atoms with Crippen LogP contribution < -0.4 is 4.90 Å². The molecule has 0 aliphatic carbocycles. The second-order valence-electron chi connectivity index (χ2n) is 7.04. The molecule has 0 fully saturated rings. The molecule has 0 saturated carbocycles. The molecule has 0 bridgehead atoms. The number of fused-ring (bicyclic) bond motifs is 1. The molecule has 4 aromatic rings. The Labute approximate surface area is 172 Å². The van der Waals surface area contributed by atoms with Gasteiger partial charge in [0.25, 0.3) is 0 Å². The molecule has 0 unspecified atom stereocenters. The van der Waals surface area contributed by atoms with E-state index >= 15 is 0 Å². The van der Waals surface area contributed by atoms with Gasteiger partial charge in [-0.25, -0.2) is 9.37 Å². The van der Waals surface area contributed by atoms with E-state index in [1.165, 1.54) is 29.0 Å². The van der Waals surface area contributed by atoms with Crippen LogP contribution in [0.3, 0.4) is 0 Å². The number of amides is 1. The van der Waals surface area contributed by atoms with Gasteiger partial charge in [-0.05, 0) is 54.8 Å². The first-order chi connectivity index (χ1) is 14.0. The van der Waals surface area contributed by atoms with Crippen LogP contribution in [-0.4, -0.2) is 27.2 Å². The van der Waals surface area contributed by atoms with E-state index < -0.39 is 0 Å². The molecule has 1 amide bonds. The second-order valence-corrected chi connectivity index (χ2v) is 8.05. The molecule has 2 heterocycles. The lowest BCUT2D eigenvalue weighted by atomic mass is 10.1. The van der Waals surface area contributed by atoms with E-state index in [2.05, 4.69) is 24.2 Å². The third-order valence-corrected chi connectivity index (χ3v) is 5.76. The van der Waals surface area contributed by atoms with Crippen molar-refractivity contribution in [3.63, 3.8) is 0 Å². The molecule has 29 heavy (non-hydrogen) atoms. The van der Waals surface area contributed by atoms with E-state index in [4.69, 9.17) is 4.98 Å². The van der Waals surface area contributed by atoms with Gasteiger partial charge in [-0.15, -0.1) is 0 Å². The quantitative estimate of drug-likeness (QED) is 0.471. The molecule has 0 spiro atoms. The first-order valence-corrected chi connectivity index (χ1v) is 10.2. The third kappa shape index (κ3) is 4.35. The summed E-state index contributed by atoms with van der Waals surface area (Å²) in [6.45, 7) is 5.11. The predicted molar refractivity (Wildman–Crippen MR) is 114 cm³/mol. The zero-order chi connectivity index (χ0) is 20.4. The fraction of sp³-hybridized carbons (Fsp3) is 0.227. The van der Waals surface area contributed by atoms with Gasteiger partial charge in [-0.3, -0.25) is 14.4 Å². The molecule has 0 saturated heterocycles. The molecule has 4 rings (SSSR count). The van der Waals surface area contributed by atoms with Crippen LogP contribution in [0.1, 0.15) is 16.7 Å². The Hall–Kier alpha value is -3.06. The number of hydrogen-bond donors (Lipinski definition) is 0. The standard InChI is InChI=1S/C22H21FN4OS/c1-15-12-16(2)21-19(13-15)29-22(25-21)27(11-10-26-9-3-8-24-26)20(28)14-17-4-6-18(23)7-5-17/h3-9,12-13H,10-11,14H2,1-2H3. The van der Waals surface area contributed by atoms with Crippen molar-refractivity contribution in [3.05, 3.63) is 77.4 Å². The lowest BCUT2D eigenvalue weighted by Gasteiger charge is -2.20. The number of anilines is 1. The number of carbonyl (C=O) groups is 1. The number of benzene rings is 2. The van der Waals surface area contributed by atoms with E-state index in [0.717, 1.165) is 21.3 Å². The number of hydrogen-bond acceptors (Lipinski definition) is 4. The van der Waals surface area contributed by atoms with E-state index in [1.807, 2.05) is 19.2 Å². The molecule has 0 atom stereocenters. The topological polar surface area (TPSA) is 51.0 Å². The van der Waals surface area contributed by atoms with Gasteiger partial charge in [0.05, 0.1) is 23.2 Å². The van der Waals surface area contributed by atoms with Crippen LogP contribution in [0.15, 0.2) is 54.9 Å². The van der Waals surface area contributed by atoms with Gasteiger partial charge in [-0.2, -0.15) is 5.10 Å². The predicted octanol–water partition coefficient (Wildman–Crippen LogP) is 4.52. The highest BCUT2D eigenvalue weighted by Gasteiger charge is 2.21. The lowest BCUT2D eigenvalue weighted by Crippen LogP contribution is -2.35. The SMILES string of the molecule is Cc1cc(C)c2nc(N(CCn3cccn3)C(=O)Cc3ccc(F)cc3)sc2c1. The van der Waals surface area contributed by atoms with Crippen molar-refractivity contribution in [2.75, 3.05) is 11.4 Å². The van der Waals surface area contributed by atoms with Crippen molar-refractivity contribution in [3.8, 4) is 0 Å². The summed E-state index contributed by atoms with van der Waals surface area (Å²) in [5, 5.41) is 4.90. The van der Waals surface area contributed by atoms with E-state index in [9.17, 15) is 9.18 Å². The van der Waals surface area contributed by atoms with Gasteiger partial charge < -0.3 is 0 Å². The molecular formula is C22H21FN4OS. The van der Waals surface area contributed by atoms with Crippen LogP contribution >= 0.6 is 11.3 Å². The normalized spacial score (nSPS) is 11.1. The average Bonchev–Trinajstić information content (AvgIpc) is 3.34. The molecule has 0 aliphatic heterocycles. The Morgan fingerprint density at radius 1 is 1.21 bits per heavy atom. The van der Waals surface area contributed by atoms with Crippen molar-refractivity contribution < 1.29 is 9.18 Å². The first kappa shape index (κ1) is 19.3. The number of halogens is 1. The second kappa shape index (κ2) is 8.13.